The van der Waals surface area contributed by atoms with Gasteiger partial charge in [0.2, 0.25) is 0 Å². The van der Waals surface area contributed by atoms with Crippen molar-refractivity contribution in [2.75, 3.05) is 0 Å². The molecule has 0 amide bonds. The van der Waals surface area contributed by atoms with Gasteiger partial charge in [0.25, 0.3) is 0 Å². The quantitative estimate of drug-likeness (QED) is 0.587. The van der Waals surface area contributed by atoms with Gasteiger partial charge in [-0.25, -0.2) is 0 Å². The fraction of sp³-hybridized carbons (Fsp3) is 1.00. The van der Waals surface area contributed by atoms with Crippen molar-refractivity contribution in [2.24, 2.45) is 11.8 Å². The molecule has 1 N–H and O–H groups in total. The largest absolute Gasteiger partial charge is 0.393 e. The van der Waals surface area contributed by atoms with Gasteiger partial charge in [-0.15, -0.1) is 0 Å². The smallest absolute Gasteiger partial charge is 0.0537 e. The van der Waals surface area contributed by atoms with Crippen LogP contribution < -0.4 is 0 Å². The Bertz CT molecular complexity index is 120. The van der Waals surface area contributed by atoms with E-state index in [-0.39, 0.29) is 6.10 Å². The molecule has 0 aliphatic heterocycles. The van der Waals surface area contributed by atoms with Crippen molar-refractivity contribution in [3.63, 3.8) is 0 Å². The molecule has 1 nitrogen and oxygen atoms in total. The minimum atomic E-state index is -0.141. The van der Waals surface area contributed by atoms with Crippen LogP contribution in [0.3, 0.4) is 0 Å². The van der Waals surface area contributed by atoms with E-state index in [1.165, 1.54) is 38.5 Å². The SMILES string of the molecule is CCCCCC(C)CCC(C)[C@H](C)O. The monoisotopic (exact) mass is 200 g/mol. The van der Waals surface area contributed by atoms with Crippen molar-refractivity contribution in [3.8, 4) is 0 Å². The van der Waals surface area contributed by atoms with Gasteiger partial charge in [0.1, 0.15) is 0 Å². The maximum Gasteiger partial charge on any atom is 0.0537 e. The molecule has 0 aliphatic carbocycles. The van der Waals surface area contributed by atoms with E-state index in [1.807, 2.05) is 6.92 Å². The first-order chi connectivity index (χ1) is 6.57. The lowest BCUT2D eigenvalue weighted by Gasteiger charge is -2.17. The van der Waals surface area contributed by atoms with E-state index in [0.717, 1.165) is 5.92 Å². The van der Waals surface area contributed by atoms with E-state index in [4.69, 9.17) is 0 Å². The number of hydrogen-bond acceptors (Lipinski definition) is 1. The zero-order valence-electron chi connectivity index (χ0n) is 10.4. The molecular formula is C13H28O. The molecule has 0 fully saturated rings. The summed E-state index contributed by atoms with van der Waals surface area (Å²) in [4.78, 5) is 0. The van der Waals surface area contributed by atoms with Gasteiger partial charge in [-0.2, -0.15) is 0 Å². The summed E-state index contributed by atoms with van der Waals surface area (Å²) in [6.45, 7) is 8.63. The van der Waals surface area contributed by atoms with Crippen LogP contribution in [0.4, 0.5) is 0 Å². The molecule has 1 heteroatoms. The first-order valence-corrected chi connectivity index (χ1v) is 6.26. The Kier molecular flexibility index (Phi) is 8.26. The summed E-state index contributed by atoms with van der Waals surface area (Å²) in [6, 6.07) is 0. The third kappa shape index (κ3) is 7.37. The second kappa shape index (κ2) is 8.28. The molecule has 3 atom stereocenters. The van der Waals surface area contributed by atoms with Gasteiger partial charge in [-0.05, 0) is 25.2 Å². The average molecular weight is 200 g/mol. The second-order valence-corrected chi connectivity index (χ2v) is 4.90. The summed E-state index contributed by atoms with van der Waals surface area (Å²) in [5.74, 6) is 1.30. The summed E-state index contributed by atoms with van der Waals surface area (Å²) in [7, 11) is 0. The fourth-order valence-electron chi connectivity index (χ4n) is 1.68. The van der Waals surface area contributed by atoms with Gasteiger partial charge in [0.15, 0.2) is 0 Å². The standard InChI is InChI=1S/C13H28O/c1-5-6-7-8-11(2)9-10-12(3)13(4)14/h11-14H,5-10H2,1-4H3/t11?,12?,13-/m0/s1. The highest BCUT2D eigenvalue weighted by atomic mass is 16.3. The number of aliphatic hydroxyl groups is 1. The highest BCUT2D eigenvalue weighted by molar-refractivity contribution is 4.62. The van der Waals surface area contributed by atoms with Crippen LogP contribution in [0.2, 0.25) is 0 Å². The summed E-state index contributed by atoms with van der Waals surface area (Å²) in [5, 5.41) is 9.35. The highest BCUT2D eigenvalue weighted by Crippen LogP contribution is 2.19. The van der Waals surface area contributed by atoms with Crippen molar-refractivity contribution < 1.29 is 5.11 Å². The Morgan fingerprint density at radius 2 is 1.57 bits per heavy atom. The van der Waals surface area contributed by atoms with Crippen LogP contribution in [0.1, 0.15) is 66.2 Å². The van der Waals surface area contributed by atoms with Gasteiger partial charge in [-0.1, -0.05) is 52.9 Å². The highest BCUT2D eigenvalue weighted by Gasteiger charge is 2.10. The molecule has 0 aromatic rings. The van der Waals surface area contributed by atoms with E-state index in [1.54, 1.807) is 0 Å². The van der Waals surface area contributed by atoms with E-state index >= 15 is 0 Å². The minimum absolute atomic E-state index is 0.141. The van der Waals surface area contributed by atoms with E-state index in [0.29, 0.717) is 5.92 Å². The number of unbranched alkanes of at least 4 members (excludes halogenated alkanes) is 2. The summed E-state index contributed by atoms with van der Waals surface area (Å²) in [5.41, 5.74) is 0. The fourth-order valence-corrected chi connectivity index (χ4v) is 1.68. The van der Waals surface area contributed by atoms with Gasteiger partial charge in [-0.3, -0.25) is 0 Å². The van der Waals surface area contributed by atoms with Crippen LogP contribution in [0.15, 0.2) is 0 Å². The molecule has 0 saturated heterocycles. The molecule has 0 bridgehead atoms. The van der Waals surface area contributed by atoms with Crippen molar-refractivity contribution in [1.29, 1.82) is 0 Å². The van der Waals surface area contributed by atoms with Crippen LogP contribution in [0.25, 0.3) is 0 Å². The second-order valence-electron chi connectivity index (χ2n) is 4.90. The lowest BCUT2D eigenvalue weighted by molar-refractivity contribution is 0.125. The van der Waals surface area contributed by atoms with Crippen LogP contribution >= 0.6 is 0 Å². The van der Waals surface area contributed by atoms with Gasteiger partial charge >= 0.3 is 0 Å². The number of aliphatic hydroxyl groups excluding tert-OH is 1. The molecule has 0 rings (SSSR count). The molecule has 86 valence electrons. The Morgan fingerprint density at radius 3 is 2.07 bits per heavy atom. The van der Waals surface area contributed by atoms with E-state index < -0.39 is 0 Å². The van der Waals surface area contributed by atoms with Gasteiger partial charge in [0.05, 0.1) is 6.10 Å². The Morgan fingerprint density at radius 1 is 0.929 bits per heavy atom. The number of hydrogen-bond donors (Lipinski definition) is 1. The van der Waals surface area contributed by atoms with Crippen LogP contribution in [-0.2, 0) is 0 Å². The maximum atomic E-state index is 9.35. The van der Waals surface area contributed by atoms with Crippen molar-refractivity contribution >= 4 is 0 Å². The third-order valence-electron chi connectivity index (χ3n) is 3.24. The van der Waals surface area contributed by atoms with Crippen molar-refractivity contribution in [2.45, 2.75) is 72.3 Å². The first kappa shape index (κ1) is 14.0. The predicted molar refractivity (Wildman–Crippen MR) is 63.4 cm³/mol. The Balaban J connectivity index is 3.38. The first-order valence-electron chi connectivity index (χ1n) is 6.26. The molecule has 0 spiro atoms. The topological polar surface area (TPSA) is 20.2 Å². The summed E-state index contributed by atoms with van der Waals surface area (Å²) < 4.78 is 0. The Hall–Kier alpha value is -0.0400. The zero-order valence-corrected chi connectivity index (χ0v) is 10.4. The maximum absolute atomic E-state index is 9.35. The minimum Gasteiger partial charge on any atom is -0.393 e. The molecule has 0 radical (unpaired) electrons. The summed E-state index contributed by atoms with van der Waals surface area (Å²) in [6.07, 6.45) is 7.73. The molecule has 0 saturated carbocycles. The third-order valence-corrected chi connectivity index (χ3v) is 3.24. The van der Waals surface area contributed by atoms with Gasteiger partial charge < -0.3 is 5.11 Å². The van der Waals surface area contributed by atoms with Crippen LogP contribution in [0, 0.1) is 11.8 Å². The molecule has 0 aliphatic rings. The normalized spacial score (nSPS) is 17.8. The Labute approximate surface area is 89.9 Å². The lowest BCUT2D eigenvalue weighted by atomic mass is 9.92. The van der Waals surface area contributed by atoms with Crippen molar-refractivity contribution in [3.05, 3.63) is 0 Å². The van der Waals surface area contributed by atoms with Gasteiger partial charge in [0, 0.05) is 0 Å². The molecule has 0 heterocycles. The van der Waals surface area contributed by atoms with E-state index in [9.17, 15) is 5.11 Å². The van der Waals surface area contributed by atoms with Crippen LogP contribution in [-0.4, -0.2) is 11.2 Å². The molecule has 2 unspecified atom stereocenters. The molecule has 0 aromatic carbocycles. The molecular weight excluding hydrogens is 172 g/mol. The molecule has 0 aromatic heterocycles. The van der Waals surface area contributed by atoms with Crippen molar-refractivity contribution in [1.82, 2.24) is 0 Å². The van der Waals surface area contributed by atoms with Crippen LogP contribution in [0.5, 0.6) is 0 Å². The summed E-state index contributed by atoms with van der Waals surface area (Å²) >= 11 is 0. The zero-order chi connectivity index (χ0) is 11.0. The number of rotatable bonds is 8. The molecule has 14 heavy (non-hydrogen) atoms. The van der Waals surface area contributed by atoms with E-state index in [2.05, 4.69) is 20.8 Å². The lowest BCUT2D eigenvalue weighted by Crippen LogP contribution is -2.13. The predicted octanol–water partition coefficient (Wildman–Crippen LogP) is 4.00. The average Bonchev–Trinajstić information content (AvgIpc) is 2.14.